The van der Waals surface area contributed by atoms with Crippen molar-refractivity contribution >= 4 is 0 Å². The Morgan fingerprint density at radius 1 is 1.24 bits per heavy atom. The molecule has 94 valence electrons. The third-order valence-electron chi connectivity index (χ3n) is 3.22. The zero-order chi connectivity index (χ0) is 12.3. The van der Waals surface area contributed by atoms with Crippen molar-refractivity contribution in [3.8, 4) is 11.5 Å². The van der Waals surface area contributed by atoms with Crippen molar-refractivity contribution in [3.63, 3.8) is 0 Å². The lowest BCUT2D eigenvalue weighted by atomic mass is 9.99. The van der Waals surface area contributed by atoms with Crippen LogP contribution in [0.1, 0.15) is 5.56 Å². The summed E-state index contributed by atoms with van der Waals surface area (Å²) in [5.74, 6) is 2.25. The van der Waals surface area contributed by atoms with Gasteiger partial charge in [0, 0.05) is 19.6 Å². The van der Waals surface area contributed by atoms with E-state index < -0.39 is 0 Å². The van der Waals surface area contributed by atoms with E-state index in [-0.39, 0.29) is 0 Å². The van der Waals surface area contributed by atoms with Gasteiger partial charge in [-0.25, -0.2) is 0 Å². The molecular weight excluding hydrogens is 216 g/mol. The maximum atomic E-state index is 5.61. The van der Waals surface area contributed by atoms with Crippen LogP contribution in [0.15, 0.2) is 18.2 Å². The molecule has 4 heteroatoms. The summed E-state index contributed by atoms with van der Waals surface area (Å²) in [5, 5.41) is 0. The summed E-state index contributed by atoms with van der Waals surface area (Å²) in [5.41, 5.74) is 6.86. The van der Waals surface area contributed by atoms with E-state index in [0.29, 0.717) is 5.92 Å². The molecule has 1 saturated heterocycles. The first-order valence-electron chi connectivity index (χ1n) is 5.90. The number of benzene rings is 1. The van der Waals surface area contributed by atoms with Crippen LogP contribution in [-0.2, 0) is 6.54 Å². The van der Waals surface area contributed by atoms with Gasteiger partial charge < -0.3 is 15.2 Å². The first kappa shape index (κ1) is 12.2. The van der Waals surface area contributed by atoms with Crippen LogP contribution in [0.3, 0.4) is 0 Å². The van der Waals surface area contributed by atoms with E-state index in [1.54, 1.807) is 14.2 Å². The SMILES string of the molecule is COc1ccc(CN2CC(CN)C2)cc1OC. The summed E-state index contributed by atoms with van der Waals surface area (Å²) < 4.78 is 10.5. The van der Waals surface area contributed by atoms with E-state index >= 15 is 0 Å². The van der Waals surface area contributed by atoms with Crippen molar-refractivity contribution in [1.29, 1.82) is 0 Å². The first-order valence-corrected chi connectivity index (χ1v) is 5.90. The number of hydrogen-bond donors (Lipinski definition) is 1. The zero-order valence-electron chi connectivity index (χ0n) is 10.5. The van der Waals surface area contributed by atoms with Crippen LogP contribution in [0.2, 0.25) is 0 Å². The second-order valence-corrected chi connectivity index (χ2v) is 4.49. The van der Waals surface area contributed by atoms with Crippen molar-refractivity contribution < 1.29 is 9.47 Å². The minimum Gasteiger partial charge on any atom is -0.493 e. The van der Waals surface area contributed by atoms with E-state index in [1.807, 2.05) is 12.1 Å². The molecule has 0 bridgehead atoms. The van der Waals surface area contributed by atoms with Crippen LogP contribution in [0, 0.1) is 5.92 Å². The van der Waals surface area contributed by atoms with Crippen LogP contribution in [0.4, 0.5) is 0 Å². The second kappa shape index (κ2) is 5.38. The van der Waals surface area contributed by atoms with Gasteiger partial charge >= 0.3 is 0 Å². The van der Waals surface area contributed by atoms with Crippen LogP contribution in [-0.4, -0.2) is 38.8 Å². The fourth-order valence-electron chi connectivity index (χ4n) is 2.19. The highest BCUT2D eigenvalue weighted by atomic mass is 16.5. The normalized spacial score (nSPS) is 16.6. The minimum absolute atomic E-state index is 0.676. The Morgan fingerprint density at radius 2 is 1.94 bits per heavy atom. The van der Waals surface area contributed by atoms with Gasteiger partial charge in [0.1, 0.15) is 0 Å². The van der Waals surface area contributed by atoms with E-state index in [4.69, 9.17) is 15.2 Å². The molecule has 1 aliphatic rings. The Hall–Kier alpha value is -1.26. The third kappa shape index (κ3) is 2.70. The maximum absolute atomic E-state index is 5.61. The average molecular weight is 236 g/mol. The zero-order valence-corrected chi connectivity index (χ0v) is 10.5. The van der Waals surface area contributed by atoms with E-state index in [9.17, 15) is 0 Å². The fraction of sp³-hybridized carbons (Fsp3) is 0.538. The summed E-state index contributed by atoms with van der Waals surface area (Å²) in [6.45, 7) is 3.95. The molecule has 2 N–H and O–H groups in total. The molecule has 1 fully saturated rings. The van der Waals surface area contributed by atoms with Gasteiger partial charge in [0.05, 0.1) is 14.2 Å². The summed E-state index contributed by atoms with van der Waals surface area (Å²) >= 11 is 0. The van der Waals surface area contributed by atoms with E-state index in [1.165, 1.54) is 5.56 Å². The smallest absolute Gasteiger partial charge is 0.161 e. The standard InChI is InChI=1S/C13H20N2O2/c1-16-12-4-3-10(5-13(12)17-2)7-15-8-11(6-14)9-15/h3-5,11H,6-9,14H2,1-2H3. The molecule has 0 aromatic heterocycles. The first-order chi connectivity index (χ1) is 8.26. The molecule has 0 aliphatic carbocycles. The highest BCUT2D eigenvalue weighted by Gasteiger charge is 2.25. The molecule has 0 atom stereocenters. The van der Waals surface area contributed by atoms with Gasteiger partial charge in [0.15, 0.2) is 11.5 Å². The highest BCUT2D eigenvalue weighted by molar-refractivity contribution is 5.42. The summed E-state index contributed by atoms with van der Waals surface area (Å²) in [6, 6.07) is 6.07. The van der Waals surface area contributed by atoms with Gasteiger partial charge in [-0.3, -0.25) is 4.90 Å². The van der Waals surface area contributed by atoms with Crippen LogP contribution in [0.25, 0.3) is 0 Å². The summed E-state index contributed by atoms with van der Waals surface area (Å²) in [4.78, 5) is 2.39. The van der Waals surface area contributed by atoms with Gasteiger partial charge in [-0.15, -0.1) is 0 Å². The molecule has 0 spiro atoms. The Kier molecular flexibility index (Phi) is 3.86. The Labute approximate surface area is 102 Å². The number of likely N-dealkylation sites (tertiary alicyclic amines) is 1. The molecule has 4 nitrogen and oxygen atoms in total. The number of methoxy groups -OCH3 is 2. The molecule has 1 aromatic rings. The molecule has 0 saturated carbocycles. The summed E-state index contributed by atoms with van der Waals surface area (Å²) in [7, 11) is 3.31. The lowest BCUT2D eigenvalue weighted by Crippen LogP contribution is -2.49. The third-order valence-corrected chi connectivity index (χ3v) is 3.22. The van der Waals surface area contributed by atoms with Crippen molar-refractivity contribution in [2.24, 2.45) is 11.7 Å². The van der Waals surface area contributed by atoms with Gasteiger partial charge in [-0.1, -0.05) is 6.07 Å². The predicted octanol–water partition coefficient (Wildman–Crippen LogP) is 1.09. The highest BCUT2D eigenvalue weighted by Crippen LogP contribution is 2.28. The average Bonchev–Trinajstić information content (AvgIpc) is 2.32. The number of rotatable bonds is 5. The van der Waals surface area contributed by atoms with Crippen LogP contribution < -0.4 is 15.2 Å². The van der Waals surface area contributed by atoms with Gasteiger partial charge in [0.25, 0.3) is 0 Å². The van der Waals surface area contributed by atoms with Gasteiger partial charge in [-0.2, -0.15) is 0 Å². The number of hydrogen-bond acceptors (Lipinski definition) is 4. The molecule has 1 heterocycles. The lowest BCUT2D eigenvalue weighted by molar-refractivity contribution is 0.0978. The molecule has 0 unspecified atom stereocenters. The van der Waals surface area contributed by atoms with Crippen molar-refractivity contribution in [2.75, 3.05) is 33.9 Å². The molecular formula is C13H20N2O2. The van der Waals surface area contributed by atoms with Crippen molar-refractivity contribution in [3.05, 3.63) is 23.8 Å². The summed E-state index contributed by atoms with van der Waals surface area (Å²) in [6.07, 6.45) is 0. The topological polar surface area (TPSA) is 47.7 Å². The second-order valence-electron chi connectivity index (χ2n) is 4.49. The fourth-order valence-corrected chi connectivity index (χ4v) is 2.19. The molecule has 1 aliphatic heterocycles. The predicted molar refractivity (Wildman–Crippen MR) is 67.4 cm³/mol. The molecule has 0 amide bonds. The Morgan fingerprint density at radius 3 is 2.53 bits per heavy atom. The van der Waals surface area contributed by atoms with E-state index in [0.717, 1.165) is 37.7 Å². The maximum Gasteiger partial charge on any atom is 0.161 e. The Bertz CT molecular complexity index is 376. The van der Waals surface area contributed by atoms with Crippen LogP contribution in [0.5, 0.6) is 11.5 Å². The molecule has 2 rings (SSSR count). The molecule has 0 radical (unpaired) electrons. The molecule has 17 heavy (non-hydrogen) atoms. The van der Waals surface area contributed by atoms with Crippen molar-refractivity contribution in [2.45, 2.75) is 6.54 Å². The van der Waals surface area contributed by atoms with Crippen molar-refractivity contribution in [1.82, 2.24) is 4.90 Å². The van der Waals surface area contributed by atoms with Crippen LogP contribution >= 0.6 is 0 Å². The van der Waals surface area contributed by atoms with E-state index in [2.05, 4.69) is 11.0 Å². The number of nitrogens with zero attached hydrogens (tertiary/aromatic N) is 1. The Balaban J connectivity index is 1.97. The molecule has 1 aromatic carbocycles. The number of ether oxygens (including phenoxy) is 2. The quantitative estimate of drug-likeness (QED) is 0.831. The van der Waals surface area contributed by atoms with Gasteiger partial charge in [0.2, 0.25) is 0 Å². The monoisotopic (exact) mass is 236 g/mol. The largest absolute Gasteiger partial charge is 0.493 e. The van der Waals surface area contributed by atoms with Gasteiger partial charge in [-0.05, 0) is 30.2 Å². The minimum atomic E-state index is 0.676. The number of nitrogens with two attached hydrogens (primary N) is 1. The lowest BCUT2D eigenvalue weighted by Gasteiger charge is -2.38.